The second-order valence-corrected chi connectivity index (χ2v) is 7.67. The van der Waals surface area contributed by atoms with Crippen molar-refractivity contribution in [2.75, 3.05) is 0 Å². The molecule has 0 radical (unpaired) electrons. The molecule has 0 atom stereocenters. The van der Waals surface area contributed by atoms with Gasteiger partial charge in [-0.05, 0) is 78.7 Å². The SMILES string of the molecule is Cc1ccccc1-c1c2ccc3c(c2cc[n+]1C)C1CCC3CC1. The number of aryl methyl sites for hydroxylation is 2. The Labute approximate surface area is 144 Å². The lowest BCUT2D eigenvalue weighted by Crippen LogP contribution is -2.31. The van der Waals surface area contributed by atoms with Crippen LogP contribution in [-0.4, -0.2) is 0 Å². The van der Waals surface area contributed by atoms with E-state index in [0.29, 0.717) is 0 Å². The van der Waals surface area contributed by atoms with Gasteiger partial charge in [-0.25, -0.2) is 4.57 Å². The van der Waals surface area contributed by atoms with E-state index in [1.54, 1.807) is 11.1 Å². The molecule has 1 aromatic heterocycles. The molecule has 24 heavy (non-hydrogen) atoms. The molecule has 0 amide bonds. The van der Waals surface area contributed by atoms with Crippen LogP contribution in [0.4, 0.5) is 0 Å². The highest BCUT2D eigenvalue weighted by atomic mass is 14.9. The van der Waals surface area contributed by atoms with Gasteiger partial charge in [0.25, 0.3) is 0 Å². The summed E-state index contributed by atoms with van der Waals surface area (Å²) in [5, 5.41) is 2.92. The minimum absolute atomic E-state index is 0.783. The fourth-order valence-corrected chi connectivity index (χ4v) is 5.17. The van der Waals surface area contributed by atoms with E-state index in [0.717, 1.165) is 11.8 Å². The van der Waals surface area contributed by atoms with Crippen molar-refractivity contribution >= 4 is 10.8 Å². The lowest BCUT2D eigenvalue weighted by molar-refractivity contribution is -0.659. The molecule has 3 aliphatic carbocycles. The number of benzene rings is 2. The summed E-state index contributed by atoms with van der Waals surface area (Å²) in [6.07, 6.45) is 7.82. The molecule has 0 saturated heterocycles. The third-order valence-corrected chi connectivity index (χ3v) is 6.37. The first kappa shape index (κ1) is 14.2. The minimum atomic E-state index is 0.783. The van der Waals surface area contributed by atoms with Gasteiger partial charge in [-0.1, -0.05) is 24.3 Å². The van der Waals surface area contributed by atoms with E-state index in [1.807, 2.05) is 0 Å². The molecule has 0 spiro atoms. The van der Waals surface area contributed by atoms with Gasteiger partial charge in [0.1, 0.15) is 7.05 Å². The third kappa shape index (κ3) is 1.90. The van der Waals surface area contributed by atoms with Crippen molar-refractivity contribution in [2.24, 2.45) is 7.05 Å². The summed E-state index contributed by atoms with van der Waals surface area (Å²) < 4.78 is 2.29. The molecule has 0 unspecified atom stereocenters. The summed E-state index contributed by atoms with van der Waals surface area (Å²) >= 11 is 0. The molecule has 3 aliphatic rings. The van der Waals surface area contributed by atoms with Crippen molar-refractivity contribution in [1.29, 1.82) is 0 Å². The molecule has 1 saturated carbocycles. The topological polar surface area (TPSA) is 3.88 Å². The highest BCUT2D eigenvalue weighted by molar-refractivity contribution is 5.96. The smallest absolute Gasteiger partial charge is 0.200 e. The summed E-state index contributed by atoms with van der Waals surface area (Å²) in [7, 11) is 2.17. The first-order valence-corrected chi connectivity index (χ1v) is 9.25. The van der Waals surface area contributed by atoms with Gasteiger partial charge in [0, 0.05) is 11.6 Å². The van der Waals surface area contributed by atoms with Crippen LogP contribution in [-0.2, 0) is 7.05 Å². The average molecular weight is 314 g/mol. The van der Waals surface area contributed by atoms with Gasteiger partial charge in [0.2, 0.25) is 5.69 Å². The minimum Gasteiger partial charge on any atom is -0.200 e. The third-order valence-electron chi connectivity index (χ3n) is 6.37. The Morgan fingerprint density at radius 3 is 2.38 bits per heavy atom. The van der Waals surface area contributed by atoms with Crippen LogP contribution in [0, 0.1) is 6.92 Å². The van der Waals surface area contributed by atoms with E-state index in [1.165, 1.54) is 53.3 Å². The summed E-state index contributed by atoms with van der Waals surface area (Å²) in [6, 6.07) is 15.9. The van der Waals surface area contributed by atoms with Crippen LogP contribution in [0.25, 0.3) is 22.0 Å². The molecule has 120 valence electrons. The zero-order valence-corrected chi connectivity index (χ0v) is 14.5. The molecule has 6 rings (SSSR count). The Morgan fingerprint density at radius 1 is 0.833 bits per heavy atom. The van der Waals surface area contributed by atoms with Crippen molar-refractivity contribution in [3.63, 3.8) is 0 Å². The van der Waals surface area contributed by atoms with Crippen LogP contribution in [0.15, 0.2) is 48.7 Å². The molecule has 1 heterocycles. The molecule has 2 aromatic carbocycles. The second-order valence-electron chi connectivity index (χ2n) is 7.67. The normalized spacial score (nSPS) is 21.9. The zero-order chi connectivity index (χ0) is 16.3. The van der Waals surface area contributed by atoms with Crippen molar-refractivity contribution in [3.05, 3.63) is 65.4 Å². The number of aromatic nitrogens is 1. The Bertz CT molecular complexity index is 946. The van der Waals surface area contributed by atoms with Crippen LogP contribution in [0.2, 0.25) is 0 Å². The summed E-state index contributed by atoms with van der Waals surface area (Å²) in [5.41, 5.74) is 7.38. The Kier molecular flexibility index (Phi) is 3.06. The molecule has 0 aliphatic heterocycles. The van der Waals surface area contributed by atoms with Gasteiger partial charge in [-0.2, -0.15) is 0 Å². The molecule has 0 N–H and O–H groups in total. The summed E-state index contributed by atoms with van der Waals surface area (Å²) in [6.45, 7) is 2.22. The number of pyridine rings is 1. The lowest BCUT2D eigenvalue weighted by atomic mass is 9.66. The Hall–Kier alpha value is -2.15. The maximum atomic E-state index is 2.44. The van der Waals surface area contributed by atoms with E-state index >= 15 is 0 Å². The molecule has 3 aromatic rings. The van der Waals surface area contributed by atoms with Crippen molar-refractivity contribution in [3.8, 4) is 11.3 Å². The van der Waals surface area contributed by atoms with E-state index in [9.17, 15) is 0 Å². The second kappa shape index (κ2) is 5.17. The zero-order valence-electron chi connectivity index (χ0n) is 14.5. The fraction of sp³-hybridized carbons (Fsp3) is 0.348. The first-order valence-electron chi connectivity index (χ1n) is 9.25. The molecule has 1 heteroatoms. The van der Waals surface area contributed by atoms with E-state index in [-0.39, 0.29) is 0 Å². The predicted molar refractivity (Wildman–Crippen MR) is 99.2 cm³/mol. The van der Waals surface area contributed by atoms with Crippen LogP contribution in [0.3, 0.4) is 0 Å². The van der Waals surface area contributed by atoms with E-state index < -0.39 is 0 Å². The largest absolute Gasteiger partial charge is 0.220 e. The molecular formula is C23H24N+. The van der Waals surface area contributed by atoms with Gasteiger partial charge in [0.05, 0.1) is 5.39 Å². The molecule has 1 nitrogen and oxygen atoms in total. The van der Waals surface area contributed by atoms with Crippen molar-refractivity contribution in [1.82, 2.24) is 0 Å². The van der Waals surface area contributed by atoms with E-state index in [4.69, 9.17) is 0 Å². The van der Waals surface area contributed by atoms with Crippen LogP contribution >= 0.6 is 0 Å². The first-order chi connectivity index (χ1) is 11.7. The summed E-state index contributed by atoms with van der Waals surface area (Å²) in [5.74, 6) is 1.59. The Balaban J connectivity index is 1.85. The Morgan fingerprint density at radius 2 is 1.58 bits per heavy atom. The van der Waals surface area contributed by atoms with Gasteiger partial charge >= 0.3 is 0 Å². The number of hydrogen-bond acceptors (Lipinski definition) is 0. The number of rotatable bonds is 1. The van der Waals surface area contributed by atoms with Gasteiger partial charge < -0.3 is 0 Å². The highest BCUT2D eigenvalue weighted by Gasteiger charge is 2.34. The fourth-order valence-electron chi connectivity index (χ4n) is 5.17. The summed E-state index contributed by atoms with van der Waals surface area (Å²) in [4.78, 5) is 0. The van der Waals surface area contributed by atoms with Crippen LogP contribution < -0.4 is 4.57 Å². The molecule has 1 fully saturated rings. The van der Waals surface area contributed by atoms with E-state index in [2.05, 4.69) is 67.2 Å². The van der Waals surface area contributed by atoms with Gasteiger partial charge in [0.15, 0.2) is 6.20 Å². The molecule has 2 bridgehead atoms. The monoisotopic (exact) mass is 314 g/mol. The van der Waals surface area contributed by atoms with Crippen molar-refractivity contribution < 1.29 is 4.57 Å². The lowest BCUT2D eigenvalue weighted by Gasteiger charge is -2.39. The number of nitrogens with zero attached hydrogens (tertiary/aromatic N) is 1. The molecular weight excluding hydrogens is 290 g/mol. The number of fused-ring (bicyclic) bond motifs is 3. The van der Waals surface area contributed by atoms with Crippen LogP contribution in [0.1, 0.15) is 54.2 Å². The number of hydrogen-bond donors (Lipinski definition) is 0. The standard InChI is InChI=1S/C23H24N/c1-15-5-3-4-6-18(15)23-21-12-11-19-16-7-9-17(10-8-16)22(19)20(21)13-14-24(23)2/h3-6,11-14,16-17H,7-10H2,1-2H3/q+1. The predicted octanol–water partition coefficient (Wildman–Crippen LogP) is 5.39. The maximum absolute atomic E-state index is 2.44. The highest BCUT2D eigenvalue weighted by Crippen LogP contribution is 2.51. The van der Waals surface area contributed by atoms with Crippen LogP contribution in [0.5, 0.6) is 0 Å². The van der Waals surface area contributed by atoms with Crippen molar-refractivity contribution in [2.45, 2.75) is 44.4 Å². The maximum Gasteiger partial charge on any atom is 0.220 e. The average Bonchev–Trinajstić information content (AvgIpc) is 2.63. The quantitative estimate of drug-likeness (QED) is 0.530. The van der Waals surface area contributed by atoms with Gasteiger partial charge in [-0.3, -0.25) is 0 Å². The van der Waals surface area contributed by atoms with Gasteiger partial charge in [-0.15, -0.1) is 0 Å².